The minimum absolute atomic E-state index is 0.0261. The van der Waals surface area contributed by atoms with E-state index >= 15 is 0 Å². The number of alkyl halides is 2. The summed E-state index contributed by atoms with van der Waals surface area (Å²) < 4.78 is 34.4. The van der Waals surface area contributed by atoms with Crippen molar-refractivity contribution in [1.29, 1.82) is 0 Å². The van der Waals surface area contributed by atoms with Crippen LogP contribution < -0.4 is 14.8 Å². The number of nitrogens with one attached hydrogen (secondary N) is 1. The molecule has 0 spiro atoms. The van der Waals surface area contributed by atoms with Gasteiger partial charge in [0, 0.05) is 23.2 Å². The van der Waals surface area contributed by atoms with E-state index in [1.165, 1.54) is 13.2 Å². The summed E-state index contributed by atoms with van der Waals surface area (Å²) in [4.78, 5) is 0. The van der Waals surface area contributed by atoms with Crippen molar-refractivity contribution in [3.8, 4) is 11.5 Å². The van der Waals surface area contributed by atoms with Gasteiger partial charge in [0.2, 0.25) is 0 Å². The summed E-state index contributed by atoms with van der Waals surface area (Å²) in [5.74, 6) is 0.688. The Hall–Kier alpha value is -1.07. The Bertz CT molecular complexity index is 414. The van der Waals surface area contributed by atoms with Crippen molar-refractivity contribution in [2.24, 2.45) is 5.92 Å². The Balaban J connectivity index is 2.94. The fourth-order valence-corrected chi connectivity index (χ4v) is 1.85. The highest BCUT2D eigenvalue weighted by Gasteiger charge is 2.16. The van der Waals surface area contributed by atoms with Crippen LogP contribution in [0.25, 0.3) is 0 Å². The summed E-state index contributed by atoms with van der Waals surface area (Å²) in [6.45, 7) is 2.36. The van der Waals surface area contributed by atoms with Gasteiger partial charge in [-0.3, -0.25) is 0 Å². The van der Waals surface area contributed by atoms with Gasteiger partial charge in [0.1, 0.15) is 0 Å². The zero-order valence-electron chi connectivity index (χ0n) is 11.2. The van der Waals surface area contributed by atoms with Crippen molar-refractivity contribution < 1.29 is 18.3 Å². The lowest BCUT2D eigenvalue weighted by Crippen LogP contribution is -2.20. The molecule has 6 heteroatoms. The van der Waals surface area contributed by atoms with E-state index in [0.29, 0.717) is 23.0 Å². The molecule has 0 aliphatic rings. The number of benzene rings is 1. The number of rotatable bonds is 7. The van der Waals surface area contributed by atoms with Crippen LogP contribution in [0.4, 0.5) is 8.78 Å². The summed E-state index contributed by atoms with van der Waals surface area (Å²) in [5.41, 5.74) is 0.547. The Morgan fingerprint density at radius 1 is 1.32 bits per heavy atom. The van der Waals surface area contributed by atoms with Gasteiger partial charge in [0.25, 0.3) is 0 Å². The van der Waals surface area contributed by atoms with Crippen molar-refractivity contribution in [3.63, 3.8) is 0 Å². The van der Waals surface area contributed by atoms with Gasteiger partial charge in [0.15, 0.2) is 11.5 Å². The average molecular weight is 294 g/mol. The van der Waals surface area contributed by atoms with E-state index < -0.39 is 6.61 Å². The first kappa shape index (κ1) is 16.0. The van der Waals surface area contributed by atoms with Crippen LogP contribution in [0, 0.1) is 5.92 Å². The summed E-state index contributed by atoms with van der Waals surface area (Å²) in [6, 6.07) is 3.04. The minimum Gasteiger partial charge on any atom is -0.493 e. The van der Waals surface area contributed by atoms with Crippen LogP contribution in [-0.4, -0.2) is 20.3 Å². The van der Waals surface area contributed by atoms with Gasteiger partial charge >= 0.3 is 6.61 Å². The molecule has 0 saturated carbocycles. The molecule has 1 N–H and O–H groups in total. The molecule has 0 unspecified atom stereocenters. The summed E-state index contributed by atoms with van der Waals surface area (Å²) in [7, 11) is 1.38. The Kier molecular flexibility index (Phi) is 6.31. The third-order valence-corrected chi connectivity index (χ3v) is 2.61. The predicted molar refractivity (Wildman–Crippen MR) is 71.2 cm³/mol. The van der Waals surface area contributed by atoms with Crippen molar-refractivity contribution in [1.82, 2.24) is 5.32 Å². The predicted octanol–water partition coefficient (Wildman–Crippen LogP) is 3.70. The van der Waals surface area contributed by atoms with Crippen molar-refractivity contribution in [2.45, 2.75) is 27.0 Å². The quantitative estimate of drug-likeness (QED) is 0.831. The second kappa shape index (κ2) is 7.50. The molecular formula is C13H18ClF2NO2. The molecule has 0 radical (unpaired) electrons. The zero-order valence-corrected chi connectivity index (χ0v) is 11.9. The molecule has 3 nitrogen and oxygen atoms in total. The lowest BCUT2D eigenvalue weighted by Gasteiger charge is -2.16. The van der Waals surface area contributed by atoms with E-state index in [1.807, 2.05) is 0 Å². The van der Waals surface area contributed by atoms with Gasteiger partial charge in [-0.2, -0.15) is 8.78 Å². The fourth-order valence-electron chi connectivity index (χ4n) is 1.62. The van der Waals surface area contributed by atoms with Gasteiger partial charge in [0.05, 0.1) is 7.11 Å². The average Bonchev–Trinajstić information content (AvgIpc) is 2.31. The fraction of sp³-hybridized carbons (Fsp3) is 0.538. The first-order valence-electron chi connectivity index (χ1n) is 5.96. The molecule has 108 valence electrons. The van der Waals surface area contributed by atoms with Crippen LogP contribution in [0.5, 0.6) is 11.5 Å². The van der Waals surface area contributed by atoms with Gasteiger partial charge in [-0.05, 0) is 18.5 Å². The molecule has 0 bridgehead atoms. The Labute approximate surface area is 116 Å². The van der Waals surface area contributed by atoms with Crippen LogP contribution in [0.1, 0.15) is 19.4 Å². The molecule has 0 aliphatic carbocycles. The van der Waals surface area contributed by atoms with E-state index in [0.717, 1.165) is 6.54 Å². The second-order valence-electron chi connectivity index (χ2n) is 4.50. The smallest absolute Gasteiger partial charge is 0.387 e. The third kappa shape index (κ3) is 5.20. The zero-order chi connectivity index (χ0) is 14.4. The lowest BCUT2D eigenvalue weighted by molar-refractivity contribution is -0.0518. The van der Waals surface area contributed by atoms with Crippen LogP contribution >= 0.6 is 11.6 Å². The van der Waals surface area contributed by atoms with Crippen molar-refractivity contribution in [2.75, 3.05) is 13.7 Å². The molecule has 0 saturated heterocycles. The maximum Gasteiger partial charge on any atom is 0.387 e. The largest absolute Gasteiger partial charge is 0.493 e. The maximum atomic E-state index is 12.4. The Morgan fingerprint density at radius 2 is 2.00 bits per heavy atom. The lowest BCUT2D eigenvalue weighted by atomic mass is 10.1. The van der Waals surface area contributed by atoms with E-state index in [1.54, 1.807) is 6.07 Å². The van der Waals surface area contributed by atoms with Gasteiger partial charge in [-0.25, -0.2) is 0 Å². The van der Waals surface area contributed by atoms with Crippen LogP contribution in [0.15, 0.2) is 12.1 Å². The highest BCUT2D eigenvalue weighted by atomic mass is 35.5. The maximum absolute atomic E-state index is 12.4. The Morgan fingerprint density at radius 3 is 2.53 bits per heavy atom. The summed E-state index contributed by atoms with van der Waals surface area (Å²) >= 11 is 5.93. The molecule has 0 atom stereocenters. The molecule has 1 aromatic rings. The molecule has 0 heterocycles. The topological polar surface area (TPSA) is 30.5 Å². The third-order valence-electron chi connectivity index (χ3n) is 2.39. The molecule has 19 heavy (non-hydrogen) atoms. The monoisotopic (exact) mass is 293 g/mol. The van der Waals surface area contributed by atoms with E-state index in [9.17, 15) is 8.78 Å². The summed E-state index contributed by atoms with van der Waals surface area (Å²) in [5, 5.41) is 3.57. The molecule has 1 rings (SSSR count). The van der Waals surface area contributed by atoms with Gasteiger partial charge < -0.3 is 14.8 Å². The van der Waals surface area contributed by atoms with E-state index in [4.69, 9.17) is 16.3 Å². The number of hydrogen-bond donors (Lipinski definition) is 1. The number of methoxy groups -OCH3 is 1. The summed E-state index contributed by atoms with van der Waals surface area (Å²) in [6.07, 6.45) is 0. The highest BCUT2D eigenvalue weighted by Crippen LogP contribution is 2.35. The van der Waals surface area contributed by atoms with E-state index in [-0.39, 0.29) is 11.5 Å². The second-order valence-corrected chi connectivity index (χ2v) is 4.94. The molecule has 0 aliphatic heterocycles. The molecular weight excluding hydrogens is 276 g/mol. The number of halogens is 3. The highest BCUT2D eigenvalue weighted by molar-refractivity contribution is 6.30. The normalized spacial score (nSPS) is 11.2. The first-order chi connectivity index (χ1) is 8.93. The molecule has 0 fully saturated rings. The van der Waals surface area contributed by atoms with Crippen molar-refractivity contribution >= 4 is 11.6 Å². The number of hydrogen-bond acceptors (Lipinski definition) is 3. The van der Waals surface area contributed by atoms with Crippen LogP contribution in [0.3, 0.4) is 0 Å². The molecule has 0 amide bonds. The number of ether oxygens (including phenoxy) is 2. The van der Waals surface area contributed by atoms with Gasteiger partial charge in [-0.15, -0.1) is 0 Å². The van der Waals surface area contributed by atoms with E-state index in [2.05, 4.69) is 23.9 Å². The van der Waals surface area contributed by atoms with Crippen molar-refractivity contribution in [3.05, 3.63) is 22.7 Å². The molecule has 1 aromatic carbocycles. The van der Waals surface area contributed by atoms with Crippen LogP contribution in [0.2, 0.25) is 5.02 Å². The molecule has 0 aromatic heterocycles. The van der Waals surface area contributed by atoms with Gasteiger partial charge in [-0.1, -0.05) is 25.4 Å². The SMILES string of the molecule is COc1cc(Cl)cc(CNCC(C)C)c1OC(F)F. The minimum atomic E-state index is -2.90. The standard InChI is InChI=1S/C13H18ClF2NO2/c1-8(2)6-17-7-9-4-10(14)5-11(18-3)12(9)19-13(15)16/h4-5,8,13,17H,6-7H2,1-3H3. The first-order valence-corrected chi connectivity index (χ1v) is 6.33. The van der Waals surface area contributed by atoms with Crippen LogP contribution in [-0.2, 0) is 6.54 Å².